The van der Waals surface area contributed by atoms with E-state index in [-0.39, 0.29) is 11.9 Å². The molecule has 1 fully saturated rings. The molecule has 1 N–H and O–H groups in total. The number of urea groups is 1. The minimum absolute atomic E-state index is 0.0283. The van der Waals surface area contributed by atoms with Crippen molar-refractivity contribution in [1.29, 1.82) is 0 Å². The maximum atomic E-state index is 13.5. The van der Waals surface area contributed by atoms with E-state index in [4.69, 9.17) is 0 Å². The molecule has 2 aliphatic heterocycles. The summed E-state index contributed by atoms with van der Waals surface area (Å²) in [5.41, 5.74) is 3.67. The largest absolute Gasteiger partial charge is 0.334 e. The molecule has 5 rings (SSSR count). The number of fused-ring (bicyclic) bond motifs is 3. The lowest BCUT2D eigenvalue weighted by molar-refractivity contribution is 0.0545. The van der Waals surface area contributed by atoms with Gasteiger partial charge in [-0.3, -0.25) is 9.69 Å². The molecule has 5 nitrogen and oxygen atoms in total. The number of hydrogen-bond acceptors (Lipinski definition) is 2. The highest BCUT2D eigenvalue weighted by atomic mass is 79.9. The van der Waals surface area contributed by atoms with Gasteiger partial charge in [0.2, 0.25) is 0 Å². The molecule has 3 aromatic carbocycles. The molecule has 6 heteroatoms. The predicted octanol–water partition coefficient (Wildman–Crippen LogP) is 4.64. The van der Waals surface area contributed by atoms with Crippen molar-refractivity contribution in [2.24, 2.45) is 0 Å². The first-order valence-corrected chi connectivity index (χ1v) is 11.1. The number of nitrogens with zero attached hydrogens (tertiary/aromatic N) is 2. The molecule has 3 aromatic rings. The van der Waals surface area contributed by atoms with Gasteiger partial charge in [0.1, 0.15) is 0 Å². The van der Waals surface area contributed by atoms with Crippen LogP contribution in [-0.2, 0) is 12.2 Å². The molecule has 0 saturated carbocycles. The van der Waals surface area contributed by atoms with Gasteiger partial charge in [-0.15, -0.1) is 0 Å². The molecule has 0 radical (unpaired) electrons. The second-order valence-electron chi connectivity index (χ2n) is 7.98. The van der Waals surface area contributed by atoms with Crippen LogP contribution in [0.4, 0.5) is 4.79 Å². The quantitative estimate of drug-likeness (QED) is 0.599. The summed E-state index contributed by atoms with van der Waals surface area (Å²) in [6.45, 7) is 3.42. The van der Waals surface area contributed by atoms with Gasteiger partial charge in [0.15, 0.2) is 5.66 Å². The number of rotatable bonds is 3. The highest BCUT2D eigenvalue weighted by Gasteiger charge is 2.59. The highest BCUT2D eigenvalue weighted by molar-refractivity contribution is 9.10. The van der Waals surface area contributed by atoms with E-state index in [0.717, 1.165) is 26.7 Å². The van der Waals surface area contributed by atoms with Crippen LogP contribution < -0.4 is 5.32 Å². The normalized spacial score (nSPS) is 19.4. The second kappa shape index (κ2) is 7.54. The molecular weight excluding hydrogens is 454 g/mol. The van der Waals surface area contributed by atoms with Gasteiger partial charge in [0.05, 0.1) is 0 Å². The summed E-state index contributed by atoms with van der Waals surface area (Å²) < 4.78 is 0.997. The van der Waals surface area contributed by atoms with Crippen LogP contribution in [0.5, 0.6) is 0 Å². The number of nitrogens with one attached hydrogen (secondary N) is 1. The topological polar surface area (TPSA) is 52.7 Å². The van der Waals surface area contributed by atoms with E-state index in [0.29, 0.717) is 25.2 Å². The molecule has 1 atom stereocenters. The van der Waals surface area contributed by atoms with E-state index < -0.39 is 5.66 Å². The van der Waals surface area contributed by atoms with Crippen molar-refractivity contribution in [3.05, 3.63) is 105 Å². The Labute approximate surface area is 189 Å². The van der Waals surface area contributed by atoms with Crippen molar-refractivity contribution in [2.75, 3.05) is 13.1 Å². The van der Waals surface area contributed by atoms with Crippen LogP contribution >= 0.6 is 15.9 Å². The van der Waals surface area contributed by atoms with Crippen LogP contribution in [0, 0.1) is 6.92 Å². The van der Waals surface area contributed by atoms with Gasteiger partial charge in [-0.05, 0) is 30.7 Å². The van der Waals surface area contributed by atoms with Gasteiger partial charge in [-0.25, -0.2) is 4.79 Å². The van der Waals surface area contributed by atoms with Crippen LogP contribution in [0.3, 0.4) is 0 Å². The third kappa shape index (κ3) is 3.05. The highest BCUT2D eigenvalue weighted by Crippen LogP contribution is 2.49. The third-order valence-electron chi connectivity index (χ3n) is 6.16. The Morgan fingerprint density at radius 3 is 2.45 bits per heavy atom. The number of carbonyl (C=O) groups excluding carboxylic acids is 2. The Kier molecular flexibility index (Phi) is 4.82. The first-order chi connectivity index (χ1) is 15.0. The number of aryl methyl sites for hydroxylation is 1. The van der Waals surface area contributed by atoms with Crippen LogP contribution in [-0.4, -0.2) is 34.8 Å². The molecule has 2 aliphatic rings. The van der Waals surface area contributed by atoms with Gasteiger partial charge < -0.3 is 10.2 Å². The molecule has 0 spiro atoms. The van der Waals surface area contributed by atoms with E-state index in [1.54, 1.807) is 4.90 Å². The molecule has 156 valence electrons. The number of benzene rings is 3. The van der Waals surface area contributed by atoms with Gasteiger partial charge >= 0.3 is 6.03 Å². The number of halogens is 1. The summed E-state index contributed by atoms with van der Waals surface area (Å²) in [4.78, 5) is 30.4. The third-order valence-corrected chi connectivity index (χ3v) is 6.69. The van der Waals surface area contributed by atoms with E-state index >= 15 is 0 Å². The molecule has 1 saturated heterocycles. The van der Waals surface area contributed by atoms with Crippen molar-refractivity contribution in [1.82, 2.24) is 15.1 Å². The van der Waals surface area contributed by atoms with Crippen molar-refractivity contribution >= 4 is 27.9 Å². The fraction of sp³-hybridized carbons (Fsp3) is 0.200. The summed E-state index contributed by atoms with van der Waals surface area (Å²) >= 11 is 3.44. The lowest BCUT2D eigenvalue weighted by Gasteiger charge is -2.40. The Bertz CT molecular complexity index is 1160. The minimum atomic E-state index is -0.925. The molecule has 31 heavy (non-hydrogen) atoms. The Morgan fingerprint density at radius 1 is 1.00 bits per heavy atom. The SMILES string of the molecule is Cc1ccc(C23c4ccccc4C(=O)N2CCN3C(=O)NCc2ccc(Br)cc2)cc1. The number of hydrogen-bond donors (Lipinski definition) is 1. The van der Waals surface area contributed by atoms with Gasteiger partial charge in [0.25, 0.3) is 5.91 Å². The van der Waals surface area contributed by atoms with Crippen molar-refractivity contribution in [3.8, 4) is 0 Å². The average Bonchev–Trinajstić information content (AvgIpc) is 3.29. The van der Waals surface area contributed by atoms with Crippen LogP contribution in [0.2, 0.25) is 0 Å². The fourth-order valence-electron chi connectivity index (χ4n) is 4.70. The lowest BCUT2D eigenvalue weighted by Crippen LogP contribution is -2.54. The van der Waals surface area contributed by atoms with Crippen LogP contribution in [0.15, 0.2) is 77.3 Å². The van der Waals surface area contributed by atoms with Crippen molar-refractivity contribution in [2.45, 2.75) is 19.1 Å². The predicted molar refractivity (Wildman–Crippen MR) is 123 cm³/mol. The standard InChI is InChI=1S/C25H22BrN3O2/c1-17-6-10-19(11-7-17)25-22-5-3-2-4-21(22)23(30)28(25)14-15-29(25)24(31)27-16-18-8-12-20(26)13-9-18/h2-13H,14-16H2,1H3,(H,27,31). The Hall–Kier alpha value is -3.12. The molecule has 1 unspecified atom stereocenters. The number of amides is 3. The van der Waals surface area contributed by atoms with E-state index in [1.807, 2.05) is 84.6 Å². The second-order valence-corrected chi connectivity index (χ2v) is 8.89. The summed E-state index contributed by atoms with van der Waals surface area (Å²) in [5.74, 6) is -0.0283. The molecule has 0 bridgehead atoms. The fourth-order valence-corrected chi connectivity index (χ4v) is 4.97. The monoisotopic (exact) mass is 475 g/mol. The first-order valence-electron chi connectivity index (χ1n) is 10.3. The molecular formula is C25H22BrN3O2. The molecule has 3 amide bonds. The summed E-state index contributed by atoms with van der Waals surface area (Å²) in [6, 6.07) is 23.4. The maximum absolute atomic E-state index is 13.5. The van der Waals surface area contributed by atoms with Gasteiger partial charge in [-0.2, -0.15) is 0 Å². The summed E-state index contributed by atoms with van der Waals surface area (Å²) in [7, 11) is 0. The summed E-state index contributed by atoms with van der Waals surface area (Å²) in [5, 5.41) is 3.06. The van der Waals surface area contributed by atoms with E-state index in [9.17, 15) is 9.59 Å². The minimum Gasteiger partial charge on any atom is -0.334 e. The molecule has 0 aliphatic carbocycles. The van der Waals surface area contributed by atoms with Crippen LogP contribution in [0.25, 0.3) is 0 Å². The smallest absolute Gasteiger partial charge is 0.320 e. The Morgan fingerprint density at radius 2 is 1.71 bits per heavy atom. The molecule has 0 aromatic heterocycles. The van der Waals surface area contributed by atoms with E-state index in [1.165, 1.54) is 0 Å². The maximum Gasteiger partial charge on any atom is 0.320 e. The zero-order valence-electron chi connectivity index (χ0n) is 17.1. The zero-order valence-corrected chi connectivity index (χ0v) is 18.7. The van der Waals surface area contributed by atoms with Gasteiger partial charge in [0, 0.05) is 40.8 Å². The summed E-state index contributed by atoms with van der Waals surface area (Å²) in [6.07, 6.45) is 0. The molecule has 2 heterocycles. The Balaban J connectivity index is 1.55. The van der Waals surface area contributed by atoms with Gasteiger partial charge in [-0.1, -0.05) is 76.1 Å². The lowest BCUT2D eigenvalue weighted by atomic mass is 9.89. The zero-order chi connectivity index (χ0) is 21.6. The first kappa shape index (κ1) is 19.8. The number of carbonyl (C=O) groups is 2. The average molecular weight is 476 g/mol. The van der Waals surface area contributed by atoms with Crippen molar-refractivity contribution < 1.29 is 9.59 Å². The van der Waals surface area contributed by atoms with Crippen LogP contribution in [0.1, 0.15) is 32.6 Å². The van der Waals surface area contributed by atoms with Crippen molar-refractivity contribution in [3.63, 3.8) is 0 Å². The van der Waals surface area contributed by atoms with E-state index in [2.05, 4.69) is 21.2 Å².